The van der Waals surface area contributed by atoms with Gasteiger partial charge in [0.05, 0.1) is 16.7 Å². The molecule has 0 saturated heterocycles. The predicted molar refractivity (Wildman–Crippen MR) is 361 cm³/mol. The van der Waals surface area contributed by atoms with Crippen LogP contribution in [0.4, 0.5) is 0 Å². The molecule has 0 N–H and O–H groups in total. The zero-order chi connectivity index (χ0) is 53.3. The summed E-state index contributed by atoms with van der Waals surface area (Å²) in [5.74, 6) is 0. The largest absolute Gasteiger partial charge is 0.309 e. The molecule has 0 atom stereocenters. The van der Waals surface area contributed by atoms with E-state index in [4.69, 9.17) is 0 Å². The van der Waals surface area contributed by atoms with E-state index in [1.54, 1.807) is 0 Å². The normalized spacial score (nSPS) is 12.4. The first-order valence-corrected chi connectivity index (χ1v) is 30.6. The summed E-state index contributed by atoms with van der Waals surface area (Å²) in [6, 6.07) is 99.0. The van der Waals surface area contributed by atoms with Gasteiger partial charge in [-0.1, -0.05) is 188 Å². The van der Waals surface area contributed by atoms with Gasteiger partial charge in [0.1, 0.15) is 0 Å². The molecule has 0 spiro atoms. The molecule has 0 saturated carbocycles. The van der Waals surface area contributed by atoms with E-state index in [-0.39, 0.29) is 0 Å². The van der Waals surface area contributed by atoms with Gasteiger partial charge < -0.3 is 4.57 Å². The molecule has 15 aromatic carbocycles. The molecule has 0 bridgehead atoms. The van der Waals surface area contributed by atoms with Crippen LogP contribution >= 0.6 is 34.0 Å². The highest BCUT2D eigenvalue weighted by molar-refractivity contribution is 7.27. The summed E-state index contributed by atoms with van der Waals surface area (Å²) in [7, 11) is 0. The van der Waals surface area contributed by atoms with Crippen LogP contribution in [0.5, 0.6) is 0 Å². The predicted octanol–water partition coefficient (Wildman–Crippen LogP) is 23.8. The monoisotopic (exact) mass is 1090 g/mol. The van der Waals surface area contributed by atoms with Crippen molar-refractivity contribution in [1.29, 1.82) is 0 Å². The lowest BCUT2D eigenvalue weighted by molar-refractivity contribution is 1.20. The van der Waals surface area contributed by atoms with E-state index in [2.05, 4.69) is 265 Å². The molecule has 4 heterocycles. The van der Waals surface area contributed by atoms with Crippen LogP contribution < -0.4 is 0 Å². The Morgan fingerprint density at radius 2 is 0.585 bits per heavy atom. The van der Waals surface area contributed by atoms with Crippen LogP contribution in [-0.2, 0) is 0 Å². The molecule has 4 heteroatoms. The highest BCUT2D eigenvalue weighted by Crippen LogP contribution is 2.49. The second-order valence-electron chi connectivity index (χ2n) is 22.2. The minimum Gasteiger partial charge on any atom is -0.309 e. The molecule has 4 aromatic heterocycles. The summed E-state index contributed by atoms with van der Waals surface area (Å²) >= 11 is 5.68. The van der Waals surface area contributed by atoms with Crippen LogP contribution in [-0.4, -0.2) is 4.57 Å². The zero-order valence-electron chi connectivity index (χ0n) is 44.0. The smallest absolute Gasteiger partial charge is 0.0555 e. The van der Waals surface area contributed by atoms with E-state index >= 15 is 0 Å². The standard InChI is InChI=1S/C78H43NS3/c1-3-19-52-50(17-1)61-38-45(44-15-11-16-46(37-44)48-24-12-26-58-56-21-5-8-29-72(56)81-77(48)58)33-35-54(61)65-42-70-67(40-63(52)65)68-41-64-53-20-4-2-18-51(53)62-39-47(49-25-13-27-59-57-22-6-9-30-73(57)82-78(49)59)34-36-55(62)66(64)43-71(68)79(70)69-28-14-32-75-76(69)60-23-7-10-31-74(60)80-75/h1-43H. The van der Waals surface area contributed by atoms with E-state index < -0.39 is 0 Å². The maximum Gasteiger partial charge on any atom is 0.0555 e. The third kappa shape index (κ3) is 6.31. The summed E-state index contributed by atoms with van der Waals surface area (Å²) < 4.78 is 10.5. The van der Waals surface area contributed by atoms with Crippen LogP contribution in [0.15, 0.2) is 261 Å². The number of fused-ring (bicyclic) bond motifs is 24. The van der Waals surface area contributed by atoms with Crippen molar-refractivity contribution >= 4 is 181 Å². The molecule has 378 valence electrons. The van der Waals surface area contributed by atoms with Crippen molar-refractivity contribution in [3.63, 3.8) is 0 Å². The molecular formula is C78H43NS3. The van der Waals surface area contributed by atoms with Gasteiger partial charge in [-0.25, -0.2) is 0 Å². The molecule has 0 amide bonds. The molecule has 19 rings (SSSR count). The van der Waals surface area contributed by atoms with E-state index in [1.165, 1.54) is 186 Å². The number of aromatic nitrogens is 1. The number of hydrogen-bond donors (Lipinski definition) is 0. The van der Waals surface area contributed by atoms with E-state index in [0.717, 1.165) is 0 Å². The second-order valence-corrected chi connectivity index (χ2v) is 25.4. The molecule has 82 heavy (non-hydrogen) atoms. The fraction of sp³-hybridized carbons (Fsp3) is 0. The molecule has 0 fully saturated rings. The van der Waals surface area contributed by atoms with Crippen molar-refractivity contribution in [3.05, 3.63) is 261 Å². The number of rotatable bonds is 4. The number of thiophene rings is 3. The third-order valence-electron chi connectivity index (χ3n) is 17.9. The van der Waals surface area contributed by atoms with Crippen LogP contribution in [0, 0.1) is 0 Å². The Bertz CT molecular complexity index is 6020. The minimum atomic E-state index is 1.20. The Morgan fingerprint density at radius 1 is 0.207 bits per heavy atom. The Morgan fingerprint density at radius 3 is 1.16 bits per heavy atom. The quantitative estimate of drug-likeness (QED) is 0.155. The third-order valence-corrected chi connectivity index (χ3v) is 21.5. The van der Waals surface area contributed by atoms with Crippen molar-refractivity contribution in [3.8, 4) is 39.1 Å². The fourth-order valence-electron chi connectivity index (χ4n) is 14.3. The van der Waals surface area contributed by atoms with Crippen LogP contribution in [0.25, 0.3) is 186 Å². The van der Waals surface area contributed by atoms with Gasteiger partial charge in [0.2, 0.25) is 0 Å². The first-order chi connectivity index (χ1) is 40.6. The lowest BCUT2D eigenvalue weighted by atomic mass is 9.90. The van der Waals surface area contributed by atoms with Crippen molar-refractivity contribution in [2.45, 2.75) is 0 Å². The van der Waals surface area contributed by atoms with Crippen LogP contribution in [0.1, 0.15) is 0 Å². The highest BCUT2D eigenvalue weighted by atomic mass is 32.1. The first-order valence-electron chi connectivity index (χ1n) is 28.1. The summed E-state index contributed by atoms with van der Waals surface area (Å²) in [6.45, 7) is 0. The second kappa shape index (κ2) is 16.9. The maximum atomic E-state index is 2.61. The molecule has 0 unspecified atom stereocenters. The molecule has 1 nitrogen and oxygen atoms in total. The molecule has 19 aromatic rings. The van der Waals surface area contributed by atoms with Crippen molar-refractivity contribution < 1.29 is 0 Å². The zero-order valence-corrected chi connectivity index (χ0v) is 46.4. The minimum absolute atomic E-state index is 1.20. The molecule has 0 aliphatic heterocycles. The van der Waals surface area contributed by atoms with Gasteiger partial charge in [0.15, 0.2) is 0 Å². The summed E-state index contributed by atoms with van der Waals surface area (Å²) in [5, 5.41) is 25.6. The number of hydrogen-bond acceptors (Lipinski definition) is 3. The maximum absolute atomic E-state index is 2.61. The SMILES string of the molecule is c1cc(-c2ccc3c(c2)c2ccccc2c2cc4c5cc6c7ccccc7c7cc(-c8cccc9c8sc8ccccc89)ccc7c6cc5n(-c5cccc6sc7ccccc7c56)c4cc32)cc(-c2cccc3c2sc2ccccc23)c1. The van der Waals surface area contributed by atoms with E-state index in [0.29, 0.717) is 0 Å². The van der Waals surface area contributed by atoms with Gasteiger partial charge in [-0.05, 0) is 171 Å². The highest BCUT2D eigenvalue weighted by Gasteiger charge is 2.23. The van der Waals surface area contributed by atoms with Gasteiger partial charge in [0, 0.05) is 71.3 Å². The number of nitrogens with zero attached hydrogens (tertiary/aromatic N) is 1. The van der Waals surface area contributed by atoms with Gasteiger partial charge >= 0.3 is 0 Å². The van der Waals surface area contributed by atoms with Crippen LogP contribution in [0.2, 0.25) is 0 Å². The van der Waals surface area contributed by atoms with Crippen molar-refractivity contribution in [2.75, 3.05) is 0 Å². The Balaban J connectivity index is 0.875. The Labute approximate surface area is 482 Å². The van der Waals surface area contributed by atoms with Gasteiger partial charge in [0.25, 0.3) is 0 Å². The van der Waals surface area contributed by atoms with Gasteiger partial charge in [-0.2, -0.15) is 0 Å². The lowest BCUT2D eigenvalue weighted by Crippen LogP contribution is -1.95. The molecular weight excluding hydrogens is 1050 g/mol. The molecule has 0 aliphatic carbocycles. The van der Waals surface area contributed by atoms with Gasteiger partial charge in [-0.15, -0.1) is 34.0 Å². The number of benzene rings is 15. The topological polar surface area (TPSA) is 4.93 Å². The van der Waals surface area contributed by atoms with Crippen LogP contribution in [0.3, 0.4) is 0 Å². The molecule has 0 radical (unpaired) electrons. The first kappa shape index (κ1) is 45.1. The Kier molecular flexibility index (Phi) is 9.31. The molecule has 0 aliphatic rings. The average Bonchev–Trinajstić information content (AvgIpc) is 3.53. The van der Waals surface area contributed by atoms with Gasteiger partial charge in [-0.3, -0.25) is 0 Å². The van der Waals surface area contributed by atoms with E-state index in [1.807, 2.05) is 34.0 Å². The average molecular weight is 1090 g/mol. The summed E-state index contributed by atoms with van der Waals surface area (Å²) in [6.07, 6.45) is 0. The summed E-state index contributed by atoms with van der Waals surface area (Å²) in [5.41, 5.74) is 11.1. The lowest BCUT2D eigenvalue weighted by Gasteiger charge is -2.15. The van der Waals surface area contributed by atoms with Crippen molar-refractivity contribution in [1.82, 2.24) is 4.57 Å². The fourth-order valence-corrected chi connectivity index (χ4v) is 17.9. The van der Waals surface area contributed by atoms with E-state index in [9.17, 15) is 0 Å². The summed E-state index contributed by atoms with van der Waals surface area (Å²) in [4.78, 5) is 0. The Hall–Kier alpha value is -9.68. The van der Waals surface area contributed by atoms with Crippen molar-refractivity contribution in [2.24, 2.45) is 0 Å².